The fourth-order valence-corrected chi connectivity index (χ4v) is 3.18. The molecule has 0 radical (unpaired) electrons. The van der Waals surface area contributed by atoms with Crippen molar-refractivity contribution in [1.82, 2.24) is 5.32 Å². The zero-order valence-corrected chi connectivity index (χ0v) is 12.9. The minimum absolute atomic E-state index is 0.142. The van der Waals surface area contributed by atoms with Gasteiger partial charge in [0.1, 0.15) is 0 Å². The maximum Gasteiger partial charge on any atom is 0.335 e. The number of carboxylic acid groups (broad SMARTS) is 1. The van der Waals surface area contributed by atoms with Crippen molar-refractivity contribution in [2.24, 2.45) is 0 Å². The Kier molecular flexibility index (Phi) is 4.19. The number of halogens is 1. The highest BCUT2D eigenvalue weighted by Gasteiger charge is 2.44. The molecule has 0 amide bonds. The molecule has 1 saturated carbocycles. The molecule has 0 atom stereocenters. The van der Waals surface area contributed by atoms with Gasteiger partial charge in [-0.1, -0.05) is 41.9 Å². The third kappa shape index (κ3) is 3.16. The van der Waals surface area contributed by atoms with Crippen LogP contribution >= 0.6 is 11.6 Å². The van der Waals surface area contributed by atoms with Crippen LogP contribution in [0.4, 0.5) is 0 Å². The number of carbonyl (C=O) groups is 1. The van der Waals surface area contributed by atoms with Crippen molar-refractivity contribution in [2.45, 2.75) is 24.8 Å². The van der Waals surface area contributed by atoms with Crippen molar-refractivity contribution in [2.75, 3.05) is 6.54 Å². The Labute approximate surface area is 134 Å². The van der Waals surface area contributed by atoms with Gasteiger partial charge in [0, 0.05) is 23.5 Å². The molecule has 1 aliphatic rings. The number of benzene rings is 2. The molecule has 0 saturated heterocycles. The maximum absolute atomic E-state index is 11.0. The van der Waals surface area contributed by atoms with Gasteiger partial charge in [0.25, 0.3) is 0 Å². The Morgan fingerprint density at radius 2 is 1.95 bits per heavy atom. The highest BCUT2D eigenvalue weighted by atomic mass is 35.5. The number of carboxylic acids is 1. The van der Waals surface area contributed by atoms with Crippen LogP contribution in [0.25, 0.3) is 0 Å². The smallest absolute Gasteiger partial charge is 0.335 e. The molecule has 2 aromatic carbocycles. The van der Waals surface area contributed by atoms with Gasteiger partial charge in [-0.15, -0.1) is 0 Å². The third-order valence-electron chi connectivity index (χ3n) is 4.27. The second-order valence-corrected chi connectivity index (χ2v) is 6.28. The zero-order valence-electron chi connectivity index (χ0n) is 12.2. The van der Waals surface area contributed by atoms with Gasteiger partial charge in [0.05, 0.1) is 5.56 Å². The van der Waals surface area contributed by atoms with E-state index < -0.39 is 5.97 Å². The lowest BCUT2D eigenvalue weighted by molar-refractivity contribution is 0.0696. The summed E-state index contributed by atoms with van der Waals surface area (Å²) in [6.07, 6.45) is 2.28. The highest BCUT2D eigenvalue weighted by molar-refractivity contribution is 6.31. The summed E-state index contributed by atoms with van der Waals surface area (Å²) in [5.74, 6) is -0.892. The molecule has 1 aliphatic carbocycles. The van der Waals surface area contributed by atoms with Crippen LogP contribution in [0.2, 0.25) is 5.02 Å². The largest absolute Gasteiger partial charge is 0.478 e. The lowest BCUT2D eigenvalue weighted by Crippen LogP contribution is -2.26. The molecule has 0 aliphatic heterocycles. The molecule has 1 fully saturated rings. The summed E-state index contributed by atoms with van der Waals surface area (Å²) in [5, 5.41) is 13.3. The Morgan fingerprint density at radius 1 is 1.18 bits per heavy atom. The molecule has 0 unspecified atom stereocenters. The summed E-state index contributed by atoms with van der Waals surface area (Å²) in [5.41, 5.74) is 2.66. The minimum Gasteiger partial charge on any atom is -0.478 e. The van der Waals surface area contributed by atoms with Crippen LogP contribution in [0.15, 0.2) is 48.5 Å². The fourth-order valence-electron chi connectivity index (χ4n) is 2.84. The van der Waals surface area contributed by atoms with Gasteiger partial charge in [-0.05, 0) is 42.2 Å². The van der Waals surface area contributed by atoms with Crippen molar-refractivity contribution < 1.29 is 9.90 Å². The second-order valence-electron chi connectivity index (χ2n) is 5.87. The van der Waals surface area contributed by atoms with Crippen molar-refractivity contribution >= 4 is 17.6 Å². The topological polar surface area (TPSA) is 49.3 Å². The standard InChI is InChI=1S/C18H18ClNO2/c19-16-7-2-1-6-15(16)18(8-9-18)12-20-11-13-4-3-5-14(10-13)17(21)22/h1-7,10,20H,8-9,11-12H2,(H,21,22). The summed E-state index contributed by atoms with van der Waals surface area (Å²) >= 11 is 6.31. The van der Waals surface area contributed by atoms with E-state index in [0.717, 1.165) is 30.0 Å². The number of aromatic carboxylic acids is 1. The van der Waals surface area contributed by atoms with Crippen molar-refractivity contribution in [3.63, 3.8) is 0 Å². The third-order valence-corrected chi connectivity index (χ3v) is 4.59. The molecule has 3 rings (SSSR count). The lowest BCUT2D eigenvalue weighted by atomic mass is 9.96. The van der Waals surface area contributed by atoms with Crippen molar-refractivity contribution in [3.05, 3.63) is 70.2 Å². The molecular formula is C18H18ClNO2. The SMILES string of the molecule is O=C(O)c1cccc(CNCC2(c3ccccc3Cl)CC2)c1. The van der Waals surface area contributed by atoms with Crippen LogP contribution in [0.5, 0.6) is 0 Å². The average Bonchev–Trinajstić information content (AvgIpc) is 3.29. The van der Waals surface area contributed by atoms with E-state index in [1.165, 1.54) is 5.56 Å². The van der Waals surface area contributed by atoms with Crippen LogP contribution < -0.4 is 5.32 Å². The summed E-state index contributed by atoms with van der Waals surface area (Å²) in [7, 11) is 0. The summed E-state index contributed by atoms with van der Waals surface area (Å²) in [6, 6.07) is 15.1. The maximum atomic E-state index is 11.0. The minimum atomic E-state index is -0.892. The van der Waals surface area contributed by atoms with Crippen molar-refractivity contribution in [3.8, 4) is 0 Å². The number of nitrogens with one attached hydrogen (secondary N) is 1. The van der Waals surface area contributed by atoms with Gasteiger partial charge in [-0.3, -0.25) is 0 Å². The summed E-state index contributed by atoms with van der Waals surface area (Å²) < 4.78 is 0. The Bertz CT molecular complexity index is 695. The van der Waals surface area contributed by atoms with Crippen LogP contribution in [-0.4, -0.2) is 17.6 Å². The normalized spacial score (nSPS) is 15.5. The van der Waals surface area contributed by atoms with E-state index in [0.29, 0.717) is 12.1 Å². The molecule has 22 heavy (non-hydrogen) atoms. The predicted octanol–water partition coefficient (Wildman–Crippen LogP) is 3.86. The summed E-state index contributed by atoms with van der Waals surface area (Å²) in [4.78, 5) is 11.0. The monoisotopic (exact) mass is 315 g/mol. The number of hydrogen-bond acceptors (Lipinski definition) is 2. The van der Waals surface area contributed by atoms with Crippen LogP contribution in [-0.2, 0) is 12.0 Å². The lowest BCUT2D eigenvalue weighted by Gasteiger charge is -2.18. The molecule has 0 heterocycles. The number of hydrogen-bond donors (Lipinski definition) is 2. The summed E-state index contributed by atoms with van der Waals surface area (Å²) in [6.45, 7) is 1.52. The molecule has 114 valence electrons. The van der Waals surface area contributed by atoms with E-state index in [9.17, 15) is 4.79 Å². The Morgan fingerprint density at radius 3 is 2.64 bits per heavy atom. The Hall–Kier alpha value is -1.84. The van der Waals surface area contributed by atoms with Gasteiger partial charge in [0.2, 0.25) is 0 Å². The molecule has 0 spiro atoms. The first-order valence-corrected chi connectivity index (χ1v) is 7.76. The molecule has 2 N–H and O–H groups in total. The molecular weight excluding hydrogens is 298 g/mol. The van der Waals surface area contributed by atoms with Crippen LogP contribution in [0, 0.1) is 0 Å². The van der Waals surface area contributed by atoms with Gasteiger partial charge >= 0.3 is 5.97 Å². The quantitative estimate of drug-likeness (QED) is 0.851. The van der Waals surface area contributed by atoms with E-state index in [2.05, 4.69) is 11.4 Å². The molecule has 3 nitrogen and oxygen atoms in total. The Balaban J connectivity index is 1.63. The van der Waals surface area contributed by atoms with Crippen molar-refractivity contribution in [1.29, 1.82) is 0 Å². The highest BCUT2D eigenvalue weighted by Crippen LogP contribution is 2.49. The fraction of sp³-hybridized carbons (Fsp3) is 0.278. The molecule has 0 bridgehead atoms. The van der Waals surface area contributed by atoms with E-state index >= 15 is 0 Å². The van der Waals surface area contributed by atoms with Crippen LogP contribution in [0.3, 0.4) is 0 Å². The van der Waals surface area contributed by atoms with E-state index in [1.807, 2.05) is 24.3 Å². The average molecular weight is 316 g/mol. The second kappa shape index (κ2) is 6.11. The van der Waals surface area contributed by atoms with E-state index in [1.54, 1.807) is 18.2 Å². The van der Waals surface area contributed by atoms with E-state index in [4.69, 9.17) is 16.7 Å². The molecule has 0 aromatic heterocycles. The van der Waals surface area contributed by atoms with Gasteiger partial charge in [-0.2, -0.15) is 0 Å². The zero-order chi connectivity index (χ0) is 15.6. The van der Waals surface area contributed by atoms with Crippen LogP contribution in [0.1, 0.15) is 34.3 Å². The van der Waals surface area contributed by atoms with Gasteiger partial charge in [0.15, 0.2) is 0 Å². The first kappa shape index (κ1) is 15.1. The van der Waals surface area contributed by atoms with E-state index in [-0.39, 0.29) is 5.41 Å². The number of rotatable bonds is 6. The first-order chi connectivity index (χ1) is 10.6. The van der Waals surface area contributed by atoms with Gasteiger partial charge < -0.3 is 10.4 Å². The molecule has 2 aromatic rings. The predicted molar refractivity (Wildman–Crippen MR) is 87.5 cm³/mol. The van der Waals surface area contributed by atoms with Gasteiger partial charge in [-0.25, -0.2) is 4.79 Å². The first-order valence-electron chi connectivity index (χ1n) is 7.39. The molecule has 4 heteroatoms.